The van der Waals surface area contributed by atoms with Crippen LogP contribution in [-0.2, 0) is 19.4 Å². The SMILES string of the molecule is CS(=O)(=O)CC(=O)NC[C@H]1CNCCO[C@@H]1c1ccc(Cl)c(Cl)c1. The van der Waals surface area contributed by atoms with Gasteiger partial charge in [-0.15, -0.1) is 0 Å². The lowest BCUT2D eigenvalue weighted by Gasteiger charge is -2.25. The summed E-state index contributed by atoms with van der Waals surface area (Å²) >= 11 is 12.0. The molecular weight excluding hydrogens is 375 g/mol. The number of carbonyl (C=O) groups is 1. The summed E-state index contributed by atoms with van der Waals surface area (Å²) in [4.78, 5) is 11.7. The average molecular weight is 395 g/mol. The molecule has 2 N–H and O–H groups in total. The highest BCUT2D eigenvalue weighted by Crippen LogP contribution is 2.31. The third kappa shape index (κ3) is 5.89. The fourth-order valence-electron chi connectivity index (χ4n) is 2.56. The lowest BCUT2D eigenvalue weighted by Crippen LogP contribution is -2.38. The Bertz CT molecular complexity index is 697. The minimum Gasteiger partial charge on any atom is -0.372 e. The fraction of sp³-hybridized carbons (Fsp3) is 0.533. The maximum atomic E-state index is 11.7. The minimum absolute atomic E-state index is 0.0618. The molecule has 2 atom stereocenters. The molecule has 0 aromatic heterocycles. The largest absolute Gasteiger partial charge is 0.372 e. The predicted octanol–water partition coefficient (Wildman–Crippen LogP) is 1.43. The lowest BCUT2D eigenvalue weighted by atomic mass is 9.95. The smallest absolute Gasteiger partial charge is 0.235 e. The summed E-state index contributed by atoms with van der Waals surface area (Å²) in [5.41, 5.74) is 0.871. The number of hydrogen-bond acceptors (Lipinski definition) is 5. The molecule has 9 heteroatoms. The van der Waals surface area contributed by atoms with Gasteiger partial charge < -0.3 is 15.4 Å². The highest BCUT2D eigenvalue weighted by atomic mass is 35.5. The maximum Gasteiger partial charge on any atom is 0.235 e. The van der Waals surface area contributed by atoms with Crippen LogP contribution in [0.25, 0.3) is 0 Å². The molecule has 0 spiro atoms. The van der Waals surface area contributed by atoms with Crippen LogP contribution in [-0.4, -0.2) is 52.6 Å². The number of rotatable bonds is 5. The molecule has 1 amide bonds. The lowest BCUT2D eigenvalue weighted by molar-refractivity contribution is -0.119. The van der Waals surface area contributed by atoms with Gasteiger partial charge >= 0.3 is 0 Å². The molecule has 24 heavy (non-hydrogen) atoms. The first-order chi connectivity index (χ1) is 11.3. The Morgan fingerprint density at radius 3 is 2.79 bits per heavy atom. The summed E-state index contributed by atoms with van der Waals surface area (Å²) in [6.07, 6.45) is 0.759. The number of benzene rings is 1. The topological polar surface area (TPSA) is 84.5 Å². The molecule has 1 fully saturated rings. The van der Waals surface area contributed by atoms with Crippen molar-refractivity contribution in [1.29, 1.82) is 0 Å². The van der Waals surface area contributed by atoms with Gasteiger partial charge in [0.2, 0.25) is 5.91 Å². The highest BCUT2D eigenvalue weighted by Gasteiger charge is 2.27. The van der Waals surface area contributed by atoms with E-state index < -0.39 is 21.5 Å². The Morgan fingerprint density at radius 1 is 1.38 bits per heavy atom. The molecule has 1 aliphatic heterocycles. The Labute approximate surface area is 151 Å². The van der Waals surface area contributed by atoms with Crippen molar-refractivity contribution in [2.75, 3.05) is 38.2 Å². The molecule has 1 saturated heterocycles. The molecular formula is C15H20Cl2N2O4S. The van der Waals surface area contributed by atoms with E-state index in [9.17, 15) is 13.2 Å². The van der Waals surface area contributed by atoms with Gasteiger partial charge in [0.25, 0.3) is 0 Å². The Balaban J connectivity index is 2.09. The van der Waals surface area contributed by atoms with Crippen LogP contribution in [0.1, 0.15) is 11.7 Å². The van der Waals surface area contributed by atoms with Gasteiger partial charge in [0.1, 0.15) is 5.75 Å². The van der Waals surface area contributed by atoms with E-state index in [-0.39, 0.29) is 12.0 Å². The molecule has 2 rings (SSSR count). The third-order valence-electron chi connectivity index (χ3n) is 3.64. The molecule has 0 aliphatic carbocycles. The first-order valence-corrected chi connectivity index (χ1v) is 10.3. The van der Waals surface area contributed by atoms with Crippen molar-refractivity contribution in [2.45, 2.75) is 6.10 Å². The van der Waals surface area contributed by atoms with E-state index in [0.717, 1.165) is 11.8 Å². The van der Waals surface area contributed by atoms with Gasteiger partial charge in [-0.2, -0.15) is 0 Å². The van der Waals surface area contributed by atoms with Gasteiger partial charge in [-0.3, -0.25) is 4.79 Å². The van der Waals surface area contributed by atoms with Crippen molar-refractivity contribution in [3.8, 4) is 0 Å². The Kier molecular flexibility index (Phi) is 6.88. The number of hydrogen-bond donors (Lipinski definition) is 2. The van der Waals surface area contributed by atoms with Crippen molar-refractivity contribution < 1.29 is 17.9 Å². The number of carbonyl (C=O) groups excluding carboxylic acids is 1. The van der Waals surface area contributed by atoms with E-state index in [1.165, 1.54) is 0 Å². The Morgan fingerprint density at radius 2 is 2.12 bits per heavy atom. The van der Waals surface area contributed by atoms with Crippen LogP contribution in [0.2, 0.25) is 10.0 Å². The van der Waals surface area contributed by atoms with E-state index in [2.05, 4.69) is 10.6 Å². The van der Waals surface area contributed by atoms with Crippen LogP contribution < -0.4 is 10.6 Å². The molecule has 1 heterocycles. The molecule has 0 bridgehead atoms. The minimum atomic E-state index is -3.35. The first-order valence-electron chi connectivity index (χ1n) is 7.48. The van der Waals surface area contributed by atoms with Gasteiger partial charge in [0.05, 0.1) is 22.8 Å². The molecule has 0 radical (unpaired) electrons. The van der Waals surface area contributed by atoms with Gasteiger partial charge in [-0.1, -0.05) is 29.3 Å². The number of nitrogens with one attached hydrogen (secondary N) is 2. The van der Waals surface area contributed by atoms with Crippen LogP contribution in [0.3, 0.4) is 0 Å². The van der Waals surface area contributed by atoms with Crippen molar-refractivity contribution in [3.63, 3.8) is 0 Å². The molecule has 0 unspecified atom stereocenters. The van der Waals surface area contributed by atoms with Gasteiger partial charge in [-0.25, -0.2) is 8.42 Å². The highest BCUT2D eigenvalue weighted by molar-refractivity contribution is 7.91. The monoisotopic (exact) mass is 394 g/mol. The second-order valence-corrected chi connectivity index (χ2v) is 8.76. The summed E-state index contributed by atoms with van der Waals surface area (Å²) in [6, 6.07) is 5.31. The van der Waals surface area contributed by atoms with Crippen LogP contribution in [0, 0.1) is 5.92 Å². The van der Waals surface area contributed by atoms with E-state index in [0.29, 0.717) is 36.3 Å². The van der Waals surface area contributed by atoms with Crippen molar-refractivity contribution in [3.05, 3.63) is 33.8 Å². The predicted molar refractivity (Wildman–Crippen MR) is 94.2 cm³/mol. The van der Waals surface area contributed by atoms with Gasteiger partial charge in [0, 0.05) is 31.8 Å². The zero-order valence-electron chi connectivity index (χ0n) is 13.2. The standard InChI is InChI=1S/C15H20Cl2N2O4S/c1-24(21,22)9-14(20)19-8-11-7-18-4-5-23-15(11)10-2-3-12(16)13(17)6-10/h2-3,6,11,15,18H,4-5,7-9H2,1H3,(H,19,20)/t11-,15-/m1/s1. The van der Waals surface area contributed by atoms with E-state index in [4.69, 9.17) is 27.9 Å². The summed E-state index contributed by atoms with van der Waals surface area (Å²) in [5.74, 6) is -1.10. The van der Waals surface area contributed by atoms with Gasteiger partial charge in [0.15, 0.2) is 9.84 Å². The van der Waals surface area contributed by atoms with Crippen LogP contribution in [0.4, 0.5) is 0 Å². The maximum absolute atomic E-state index is 11.7. The fourth-order valence-corrected chi connectivity index (χ4v) is 3.44. The average Bonchev–Trinajstić information content (AvgIpc) is 2.71. The van der Waals surface area contributed by atoms with E-state index >= 15 is 0 Å². The molecule has 1 aliphatic rings. The van der Waals surface area contributed by atoms with Crippen LogP contribution >= 0.6 is 23.2 Å². The molecule has 0 saturated carbocycles. The third-order valence-corrected chi connectivity index (χ3v) is 5.16. The molecule has 6 nitrogen and oxygen atoms in total. The summed E-state index contributed by atoms with van der Waals surface area (Å²) < 4.78 is 28.3. The molecule has 1 aromatic rings. The quantitative estimate of drug-likeness (QED) is 0.788. The zero-order valence-corrected chi connectivity index (χ0v) is 15.5. The zero-order chi connectivity index (χ0) is 17.7. The van der Waals surface area contributed by atoms with E-state index in [1.54, 1.807) is 12.1 Å². The molecule has 134 valence electrons. The normalized spacial score (nSPS) is 22.0. The summed E-state index contributed by atoms with van der Waals surface area (Å²) in [7, 11) is -3.35. The second kappa shape index (κ2) is 8.49. The number of amides is 1. The van der Waals surface area contributed by atoms with Crippen molar-refractivity contribution in [1.82, 2.24) is 10.6 Å². The first kappa shape index (κ1) is 19.5. The number of ether oxygens (including phenoxy) is 1. The number of halogens is 2. The van der Waals surface area contributed by atoms with Crippen molar-refractivity contribution >= 4 is 38.9 Å². The van der Waals surface area contributed by atoms with Crippen molar-refractivity contribution in [2.24, 2.45) is 5.92 Å². The van der Waals surface area contributed by atoms with E-state index in [1.807, 2.05) is 6.07 Å². The summed E-state index contributed by atoms with van der Waals surface area (Å²) in [6.45, 7) is 2.15. The Hall–Kier alpha value is -0.860. The van der Waals surface area contributed by atoms with Crippen LogP contribution in [0.15, 0.2) is 18.2 Å². The van der Waals surface area contributed by atoms with Gasteiger partial charge in [-0.05, 0) is 17.7 Å². The second-order valence-electron chi connectivity index (χ2n) is 5.80. The number of sulfone groups is 1. The summed E-state index contributed by atoms with van der Waals surface area (Å²) in [5, 5.41) is 6.81. The van der Waals surface area contributed by atoms with Crippen LogP contribution in [0.5, 0.6) is 0 Å². The molecule has 1 aromatic carbocycles.